The van der Waals surface area contributed by atoms with Gasteiger partial charge in [0.25, 0.3) is 5.56 Å². The number of fused-ring (bicyclic) bond motifs is 1. The van der Waals surface area contributed by atoms with Crippen molar-refractivity contribution >= 4 is 46.6 Å². The van der Waals surface area contributed by atoms with Gasteiger partial charge < -0.3 is 18.9 Å². The van der Waals surface area contributed by atoms with Crippen LogP contribution in [0.1, 0.15) is 58.7 Å². The minimum absolute atomic E-state index is 0.0748. The van der Waals surface area contributed by atoms with Crippen molar-refractivity contribution in [2.24, 2.45) is 4.99 Å². The fourth-order valence-electron chi connectivity index (χ4n) is 4.50. The van der Waals surface area contributed by atoms with Gasteiger partial charge in [0, 0.05) is 10.6 Å². The van der Waals surface area contributed by atoms with Crippen LogP contribution in [0.5, 0.6) is 17.2 Å². The van der Waals surface area contributed by atoms with Gasteiger partial charge in [0.2, 0.25) is 0 Å². The fourth-order valence-corrected chi connectivity index (χ4v) is 6.09. The van der Waals surface area contributed by atoms with E-state index in [0.717, 1.165) is 0 Å². The molecule has 0 saturated carbocycles. The van der Waals surface area contributed by atoms with Gasteiger partial charge >= 0.3 is 5.97 Å². The molecule has 1 atom stereocenters. The summed E-state index contributed by atoms with van der Waals surface area (Å²) in [6, 6.07) is 7.81. The van der Waals surface area contributed by atoms with E-state index >= 15 is 0 Å². The van der Waals surface area contributed by atoms with Crippen LogP contribution in [0.25, 0.3) is 6.08 Å². The molecular formula is C30H32Cl2N2O6S. The van der Waals surface area contributed by atoms with Crippen molar-refractivity contribution in [1.29, 1.82) is 0 Å². The molecule has 2 aromatic carbocycles. The van der Waals surface area contributed by atoms with Crippen LogP contribution in [0.4, 0.5) is 0 Å². The summed E-state index contributed by atoms with van der Waals surface area (Å²) in [6.07, 6.45) is 1.45. The number of thiazole rings is 1. The summed E-state index contributed by atoms with van der Waals surface area (Å²) in [6.45, 7) is 11.2. The molecule has 0 fully saturated rings. The van der Waals surface area contributed by atoms with Crippen LogP contribution in [-0.4, -0.2) is 36.5 Å². The first kappa shape index (κ1) is 30.7. The van der Waals surface area contributed by atoms with Crippen molar-refractivity contribution in [1.82, 2.24) is 4.57 Å². The number of hydrogen-bond acceptors (Lipinski definition) is 8. The van der Waals surface area contributed by atoms with Crippen molar-refractivity contribution in [2.75, 3.05) is 13.7 Å². The Kier molecular flexibility index (Phi) is 9.51. The number of carbonyl (C=O) groups is 1. The highest BCUT2D eigenvalue weighted by atomic mass is 35.5. The number of allylic oxidation sites excluding steroid dienone is 1. The summed E-state index contributed by atoms with van der Waals surface area (Å²) in [5, 5.41) is 0.735. The molecule has 8 nitrogen and oxygen atoms in total. The third-order valence-corrected chi connectivity index (χ3v) is 7.54. The van der Waals surface area contributed by atoms with E-state index in [1.165, 1.54) is 23.0 Å². The number of nitrogens with zero attached hydrogens (tertiary/aromatic N) is 2. The summed E-state index contributed by atoms with van der Waals surface area (Å²) in [7, 11) is 1.54. The van der Waals surface area contributed by atoms with Crippen LogP contribution < -0.4 is 29.1 Å². The highest BCUT2D eigenvalue weighted by Crippen LogP contribution is 2.37. The Morgan fingerprint density at radius 1 is 1.10 bits per heavy atom. The minimum Gasteiger partial charge on any atom is -0.493 e. The molecule has 1 aliphatic rings. The average molecular weight is 620 g/mol. The Morgan fingerprint density at radius 3 is 2.44 bits per heavy atom. The lowest BCUT2D eigenvalue weighted by molar-refractivity contribution is -0.139. The standard InChI is InChI=1S/C30H32Cl2N2O6S/c1-8-38-29(36)25-17(6)33-30-34(26(25)18-9-10-22(39-15(2)3)23(12-18)37-7)28(35)24(41-30)13-19-11-20(31)14-21(32)27(19)40-16(4)5/h9-16,26H,8H2,1-7H3/b24-13+/t26-/m1/s1. The molecule has 0 bridgehead atoms. The number of ether oxygens (including phenoxy) is 4. The molecular weight excluding hydrogens is 587 g/mol. The van der Waals surface area contributed by atoms with Gasteiger partial charge in [-0.2, -0.15) is 0 Å². The molecule has 41 heavy (non-hydrogen) atoms. The van der Waals surface area contributed by atoms with Crippen molar-refractivity contribution in [2.45, 2.75) is 59.8 Å². The zero-order chi connectivity index (χ0) is 30.0. The van der Waals surface area contributed by atoms with E-state index in [2.05, 4.69) is 4.99 Å². The van der Waals surface area contributed by atoms with E-state index in [1.807, 2.05) is 33.8 Å². The van der Waals surface area contributed by atoms with Gasteiger partial charge in [0.05, 0.1) is 52.8 Å². The van der Waals surface area contributed by atoms with E-state index in [0.29, 0.717) is 53.5 Å². The van der Waals surface area contributed by atoms with Crippen molar-refractivity contribution < 1.29 is 23.7 Å². The first-order chi connectivity index (χ1) is 19.4. The second-order valence-corrected chi connectivity index (χ2v) is 11.7. The van der Waals surface area contributed by atoms with Gasteiger partial charge in [-0.1, -0.05) is 40.6 Å². The Labute approximate surface area is 252 Å². The van der Waals surface area contributed by atoms with Crippen molar-refractivity contribution in [3.05, 3.63) is 82.5 Å². The number of carbonyl (C=O) groups excluding carboxylic acids is 1. The van der Waals surface area contributed by atoms with E-state index in [4.69, 9.17) is 42.1 Å². The molecule has 0 aliphatic carbocycles. The number of rotatable bonds is 9. The average Bonchev–Trinajstić information content (AvgIpc) is 3.19. The van der Waals surface area contributed by atoms with Crippen LogP contribution in [0.15, 0.2) is 51.4 Å². The molecule has 0 amide bonds. The van der Waals surface area contributed by atoms with Gasteiger partial charge in [0.1, 0.15) is 5.75 Å². The maximum atomic E-state index is 14.0. The summed E-state index contributed by atoms with van der Waals surface area (Å²) in [5.74, 6) is 0.888. The quantitative estimate of drug-likeness (QED) is 0.286. The Hall–Kier alpha value is -3.27. The number of methoxy groups -OCH3 is 1. The van der Waals surface area contributed by atoms with E-state index < -0.39 is 12.0 Å². The monoisotopic (exact) mass is 618 g/mol. The number of aromatic nitrogens is 1. The van der Waals surface area contributed by atoms with Crippen LogP contribution in [0.2, 0.25) is 10.0 Å². The molecule has 0 saturated heterocycles. The van der Waals surface area contributed by atoms with Gasteiger partial charge in [0.15, 0.2) is 16.3 Å². The minimum atomic E-state index is -0.816. The van der Waals surface area contributed by atoms with Crippen LogP contribution >= 0.6 is 34.5 Å². The third-order valence-electron chi connectivity index (χ3n) is 6.06. The smallest absolute Gasteiger partial charge is 0.338 e. The molecule has 0 radical (unpaired) electrons. The Morgan fingerprint density at radius 2 is 1.80 bits per heavy atom. The second-order valence-electron chi connectivity index (χ2n) is 9.85. The van der Waals surface area contributed by atoms with Crippen LogP contribution in [0.3, 0.4) is 0 Å². The second kappa shape index (κ2) is 12.7. The van der Waals surface area contributed by atoms with Crippen molar-refractivity contribution in [3.8, 4) is 17.2 Å². The number of halogens is 2. The lowest BCUT2D eigenvalue weighted by atomic mass is 9.95. The third kappa shape index (κ3) is 6.47. The first-order valence-corrected chi connectivity index (χ1v) is 14.7. The molecule has 2 heterocycles. The lowest BCUT2D eigenvalue weighted by Gasteiger charge is -2.25. The maximum absolute atomic E-state index is 14.0. The zero-order valence-corrected chi connectivity index (χ0v) is 26.2. The maximum Gasteiger partial charge on any atom is 0.338 e. The fraction of sp³-hybridized carbons (Fsp3) is 0.367. The topological polar surface area (TPSA) is 88.4 Å². The highest BCUT2D eigenvalue weighted by Gasteiger charge is 2.34. The summed E-state index contributed by atoms with van der Waals surface area (Å²) < 4.78 is 24.7. The molecule has 0 N–H and O–H groups in total. The molecule has 4 rings (SSSR count). The predicted octanol–water partition coefficient (Wildman–Crippen LogP) is 5.69. The van der Waals surface area contributed by atoms with Crippen molar-refractivity contribution in [3.63, 3.8) is 0 Å². The largest absolute Gasteiger partial charge is 0.493 e. The molecule has 3 aromatic rings. The van der Waals surface area contributed by atoms with E-state index in [9.17, 15) is 9.59 Å². The molecule has 218 valence electrons. The van der Waals surface area contributed by atoms with Gasteiger partial charge in [-0.15, -0.1) is 0 Å². The Bertz CT molecular complexity index is 1690. The summed E-state index contributed by atoms with van der Waals surface area (Å²) >= 11 is 14.0. The molecule has 1 aliphatic heterocycles. The van der Waals surface area contributed by atoms with Crippen LogP contribution in [-0.2, 0) is 9.53 Å². The number of benzene rings is 2. The van der Waals surface area contributed by atoms with E-state index in [1.54, 1.807) is 44.2 Å². The highest BCUT2D eigenvalue weighted by molar-refractivity contribution is 7.07. The molecule has 0 spiro atoms. The zero-order valence-electron chi connectivity index (χ0n) is 23.9. The SMILES string of the molecule is CCOC(=O)C1=C(C)N=c2s/c(=C/c3cc(Cl)cc(Cl)c3OC(C)C)c(=O)n2[C@@H]1c1ccc(OC(C)C)c(OC)c1. The first-order valence-electron chi connectivity index (χ1n) is 13.1. The van der Waals surface area contributed by atoms with Gasteiger partial charge in [-0.25, -0.2) is 9.79 Å². The predicted molar refractivity (Wildman–Crippen MR) is 161 cm³/mol. The van der Waals surface area contributed by atoms with E-state index in [-0.39, 0.29) is 29.9 Å². The molecule has 1 aromatic heterocycles. The van der Waals surface area contributed by atoms with Crippen LogP contribution in [0, 0.1) is 0 Å². The lowest BCUT2D eigenvalue weighted by Crippen LogP contribution is -2.40. The number of esters is 1. The van der Waals surface area contributed by atoms with Gasteiger partial charge in [-0.3, -0.25) is 9.36 Å². The molecule has 11 heteroatoms. The number of hydrogen-bond donors (Lipinski definition) is 0. The normalized spacial score (nSPS) is 15.2. The Balaban J connectivity index is 1.97. The summed E-state index contributed by atoms with van der Waals surface area (Å²) in [4.78, 5) is 32.4. The van der Waals surface area contributed by atoms with Gasteiger partial charge in [-0.05, 0) is 77.4 Å². The molecule has 0 unspecified atom stereocenters. The summed E-state index contributed by atoms with van der Waals surface area (Å²) in [5.41, 5.74) is 1.56.